The van der Waals surface area contributed by atoms with Crippen LogP contribution in [0.3, 0.4) is 0 Å². The first-order valence-electron chi connectivity index (χ1n) is 2.22. The van der Waals surface area contributed by atoms with Crippen molar-refractivity contribution in [2.75, 3.05) is 0 Å². The van der Waals surface area contributed by atoms with Gasteiger partial charge in [-0.15, -0.1) is 0 Å². The number of aryl methyl sites for hydroxylation is 1. The lowest BCUT2D eigenvalue weighted by atomic mass is 10.7. The van der Waals surface area contributed by atoms with Crippen LogP contribution in [0, 0.1) is 0 Å². The summed E-state index contributed by atoms with van der Waals surface area (Å²) in [5.41, 5.74) is 0. The van der Waals surface area contributed by atoms with Crippen molar-refractivity contribution in [2.45, 2.75) is 13.5 Å². The monoisotopic (exact) mass is 99.1 g/mol. The van der Waals surface area contributed by atoms with E-state index >= 15 is 0 Å². The van der Waals surface area contributed by atoms with Gasteiger partial charge in [-0.05, 0) is 6.92 Å². The Labute approximate surface area is 41.6 Å². The number of hydrogen-bond acceptors (Lipinski definition) is 2. The van der Waals surface area contributed by atoms with Gasteiger partial charge >= 0.3 is 12.7 Å². The molecular weight excluding hydrogens is 92.1 g/mol. The summed E-state index contributed by atoms with van der Waals surface area (Å²) in [6, 6.07) is 0. The summed E-state index contributed by atoms with van der Waals surface area (Å²) in [6.45, 7) is 2.95. The minimum Gasteiger partial charge on any atom is -0.222 e. The molecule has 0 fully saturated rings. The Morgan fingerprint density at radius 2 is 2.71 bits per heavy atom. The first-order chi connectivity index (χ1) is 3.43. The Balaban J connectivity index is 2.76. The summed E-state index contributed by atoms with van der Waals surface area (Å²) >= 11 is 0. The van der Waals surface area contributed by atoms with Gasteiger partial charge in [0.05, 0.1) is 6.54 Å². The highest BCUT2D eigenvalue weighted by molar-refractivity contribution is 4.18. The van der Waals surface area contributed by atoms with Crippen molar-refractivity contribution in [1.29, 1.82) is 0 Å². The van der Waals surface area contributed by atoms with Gasteiger partial charge in [0.25, 0.3) is 0 Å². The maximum Gasteiger partial charge on any atom is 0.336 e. The molecule has 0 spiro atoms. The topological polar surface area (TPSA) is 29.9 Å². The molecule has 0 saturated heterocycles. The number of aromatic nitrogens is 2. The van der Waals surface area contributed by atoms with Crippen molar-refractivity contribution in [3.05, 3.63) is 12.7 Å². The third-order valence-corrected chi connectivity index (χ3v) is 0.804. The second-order valence-electron chi connectivity index (χ2n) is 1.26. The third kappa shape index (κ3) is 0.765. The lowest BCUT2D eigenvalue weighted by molar-refractivity contribution is -0.697. The zero-order valence-electron chi connectivity index (χ0n) is 4.16. The number of rotatable bonds is 1. The third-order valence-electron chi connectivity index (χ3n) is 0.804. The van der Waals surface area contributed by atoms with Crippen LogP contribution in [0.4, 0.5) is 0 Å². The van der Waals surface area contributed by atoms with Crippen LogP contribution in [-0.4, -0.2) is 5.16 Å². The molecule has 0 aromatic carbocycles. The molecule has 0 aliphatic carbocycles. The van der Waals surface area contributed by atoms with Crippen molar-refractivity contribution < 1.29 is 9.09 Å². The normalized spacial score (nSPS) is 9.29. The average Bonchev–Trinajstić information content (AvgIpc) is 2.14. The second-order valence-corrected chi connectivity index (χ2v) is 1.26. The zero-order valence-corrected chi connectivity index (χ0v) is 4.16. The molecule has 0 aliphatic heterocycles. The predicted octanol–water partition coefficient (Wildman–Crippen LogP) is -0.0180. The highest BCUT2D eigenvalue weighted by Crippen LogP contribution is 1.65. The molecule has 7 heavy (non-hydrogen) atoms. The summed E-state index contributed by atoms with van der Waals surface area (Å²) in [4.78, 5) is 0. The largest absolute Gasteiger partial charge is 0.336 e. The van der Waals surface area contributed by atoms with Crippen LogP contribution in [0.25, 0.3) is 0 Å². The van der Waals surface area contributed by atoms with Gasteiger partial charge in [-0.3, -0.25) is 0 Å². The van der Waals surface area contributed by atoms with Crippen LogP contribution >= 0.6 is 0 Å². The molecule has 3 nitrogen and oxygen atoms in total. The molecule has 0 saturated carbocycles. The van der Waals surface area contributed by atoms with Gasteiger partial charge in [0, 0.05) is 0 Å². The Bertz CT molecular complexity index is 124. The van der Waals surface area contributed by atoms with Crippen LogP contribution in [0.1, 0.15) is 6.92 Å². The van der Waals surface area contributed by atoms with E-state index in [9.17, 15) is 0 Å². The second kappa shape index (κ2) is 1.73. The van der Waals surface area contributed by atoms with Crippen LogP contribution in [0.2, 0.25) is 0 Å². The number of nitrogens with zero attached hydrogens (tertiary/aromatic N) is 2. The fraction of sp³-hybridized carbons (Fsp3) is 0.500. The van der Waals surface area contributed by atoms with E-state index < -0.39 is 0 Å². The standard InChI is InChI=1S/C4H7N2O/c1-2-6-3-5-7-4-6/h3-4H,2H2,1H3/q+1. The molecular formula is C4H7N2O+. The summed E-state index contributed by atoms with van der Waals surface area (Å²) in [5, 5.41) is 3.48. The van der Waals surface area contributed by atoms with Crippen molar-refractivity contribution in [1.82, 2.24) is 5.16 Å². The highest BCUT2D eigenvalue weighted by atomic mass is 16.5. The van der Waals surface area contributed by atoms with Crippen molar-refractivity contribution in [3.8, 4) is 0 Å². The molecule has 1 aromatic heterocycles. The summed E-state index contributed by atoms with van der Waals surface area (Å²) in [7, 11) is 0. The van der Waals surface area contributed by atoms with Gasteiger partial charge in [0.1, 0.15) is 0 Å². The Kier molecular flexibility index (Phi) is 1.06. The van der Waals surface area contributed by atoms with E-state index in [1.54, 1.807) is 12.7 Å². The molecule has 1 rings (SSSR count). The summed E-state index contributed by atoms with van der Waals surface area (Å²) in [5.74, 6) is 0. The fourth-order valence-electron chi connectivity index (χ4n) is 0.359. The first-order valence-corrected chi connectivity index (χ1v) is 2.22. The van der Waals surface area contributed by atoms with E-state index in [1.165, 1.54) is 0 Å². The molecule has 1 aromatic rings. The predicted molar refractivity (Wildman–Crippen MR) is 22.4 cm³/mol. The lowest BCUT2D eigenvalue weighted by Gasteiger charge is -1.74. The SMILES string of the molecule is CC[n+]1cnoc1. The van der Waals surface area contributed by atoms with E-state index in [2.05, 4.69) is 9.68 Å². The Hall–Kier alpha value is -0.860. The molecule has 0 N–H and O–H groups in total. The summed E-state index contributed by atoms with van der Waals surface area (Å²) < 4.78 is 6.37. The molecule has 38 valence electrons. The van der Waals surface area contributed by atoms with Crippen molar-refractivity contribution in [2.24, 2.45) is 0 Å². The first kappa shape index (κ1) is 4.30. The minimum absolute atomic E-state index is 0.920. The summed E-state index contributed by atoms with van der Waals surface area (Å²) in [6.07, 6.45) is 3.21. The Morgan fingerprint density at radius 3 is 3.00 bits per heavy atom. The quantitative estimate of drug-likeness (QED) is 0.463. The van der Waals surface area contributed by atoms with Gasteiger partial charge in [-0.25, -0.2) is 4.52 Å². The average molecular weight is 99.1 g/mol. The van der Waals surface area contributed by atoms with E-state index in [-0.39, 0.29) is 0 Å². The molecule has 0 unspecified atom stereocenters. The van der Waals surface area contributed by atoms with Crippen LogP contribution in [0.15, 0.2) is 17.2 Å². The Morgan fingerprint density at radius 1 is 1.86 bits per heavy atom. The maximum atomic E-state index is 4.52. The van der Waals surface area contributed by atoms with E-state index in [4.69, 9.17) is 0 Å². The van der Waals surface area contributed by atoms with Crippen molar-refractivity contribution in [3.63, 3.8) is 0 Å². The fourth-order valence-corrected chi connectivity index (χ4v) is 0.359. The molecule has 3 heteroatoms. The van der Waals surface area contributed by atoms with Gasteiger partial charge in [-0.1, -0.05) is 0 Å². The number of hydrogen-bond donors (Lipinski definition) is 0. The van der Waals surface area contributed by atoms with E-state index in [0.29, 0.717) is 0 Å². The van der Waals surface area contributed by atoms with Crippen LogP contribution in [-0.2, 0) is 6.54 Å². The molecule has 0 aliphatic rings. The van der Waals surface area contributed by atoms with Gasteiger partial charge < -0.3 is 0 Å². The maximum absolute atomic E-state index is 4.52. The minimum atomic E-state index is 0.920. The van der Waals surface area contributed by atoms with E-state index in [1.807, 2.05) is 11.5 Å². The zero-order chi connectivity index (χ0) is 5.11. The van der Waals surface area contributed by atoms with E-state index in [0.717, 1.165) is 6.54 Å². The molecule has 0 bridgehead atoms. The van der Waals surface area contributed by atoms with Gasteiger partial charge in [-0.2, -0.15) is 4.57 Å². The van der Waals surface area contributed by atoms with Crippen LogP contribution in [0.5, 0.6) is 0 Å². The van der Waals surface area contributed by atoms with Crippen LogP contribution < -0.4 is 4.57 Å². The molecule has 1 heterocycles. The van der Waals surface area contributed by atoms with Gasteiger partial charge in [0.15, 0.2) is 5.16 Å². The van der Waals surface area contributed by atoms with Gasteiger partial charge in [0.2, 0.25) is 0 Å². The molecule has 0 amide bonds. The van der Waals surface area contributed by atoms with Crippen molar-refractivity contribution >= 4 is 0 Å². The smallest absolute Gasteiger partial charge is 0.222 e. The molecule has 0 atom stereocenters. The molecule has 0 radical (unpaired) electrons. The highest BCUT2D eigenvalue weighted by Gasteiger charge is 1.91. The lowest BCUT2D eigenvalue weighted by Crippen LogP contribution is -2.27.